The maximum Gasteiger partial charge on any atom is 0.0992 e. The van der Waals surface area contributed by atoms with Crippen LogP contribution in [0.15, 0.2) is 18.2 Å². The summed E-state index contributed by atoms with van der Waals surface area (Å²) in [5, 5.41) is 37.8. The molecule has 0 aliphatic carbocycles. The number of hydrogen-bond donors (Lipinski definition) is 3. The van der Waals surface area contributed by atoms with Gasteiger partial charge in [-0.2, -0.15) is 5.26 Å². The molecule has 0 aromatic heterocycles. The van der Waals surface area contributed by atoms with Gasteiger partial charge in [-0.3, -0.25) is 0 Å². The van der Waals surface area contributed by atoms with E-state index in [0.717, 1.165) is 0 Å². The molecule has 3 N–H and O–H groups in total. The van der Waals surface area contributed by atoms with Gasteiger partial charge in [0.15, 0.2) is 0 Å². The lowest BCUT2D eigenvalue weighted by Crippen LogP contribution is -2.23. The third kappa shape index (κ3) is 2.31. The first-order chi connectivity index (χ1) is 8.52. The highest BCUT2D eigenvalue weighted by Gasteiger charge is 2.31. The number of nitriles is 1. The van der Waals surface area contributed by atoms with Crippen LogP contribution in [0.1, 0.15) is 24.2 Å². The molecule has 18 heavy (non-hydrogen) atoms. The average molecular weight is 248 g/mol. The van der Waals surface area contributed by atoms with E-state index in [0.29, 0.717) is 29.9 Å². The van der Waals surface area contributed by atoms with Crippen molar-refractivity contribution in [1.29, 1.82) is 5.26 Å². The Morgan fingerprint density at radius 2 is 1.94 bits per heavy atom. The highest BCUT2D eigenvalue weighted by atomic mass is 16.3. The van der Waals surface area contributed by atoms with Crippen LogP contribution in [0, 0.1) is 11.3 Å². The Labute approximate surface area is 106 Å². The molecule has 3 atom stereocenters. The predicted octanol–water partition coefficient (Wildman–Crippen LogP) is 0.153. The Hall–Kier alpha value is -1.61. The highest BCUT2D eigenvalue weighted by molar-refractivity contribution is 5.59. The van der Waals surface area contributed by atoms with Gasteiger partial charge in [0.2, 0.25) is 0 Å². The summed E-state index contributed by atoms with van der Waals surface area (Å²) in [6.07, 6.45) is -2.25. The normalized spacial score (nSPS) is 24.9. The highest BCUT2D eigenvalue weighted by Crippen LogP contribution is 2.30. The predicted molar refractivity (Wildman–Crippen MR) is 66.0 cm³/mol. The van der Waals surface area contributed by atoms with Gasteiger partial charge in [-0.1, -0.05) is 6.07 Å². The molecule has 1 aromatic rings. The monoisotopic (exact) mass is 248 g/mol. The van der Waals surface area contributed by atoms with Crippen LogP contribution in [0.5, 0.6) is 0 Å². The zero-order valence-electron chi connectivity index (χ0n) is 10.1. The number of benzene rings is 1. The molecule has 1 fully saturated rings. The van der Waals surface area contributed by atoms with E-state index in [1.807, 2.05) is 6.07 Å². The Bertz CT molecular complexity index is 472. The zero-order valence-corrected chi connectivity index (χ0v) is 10.1. The molecule has 0 amide bonds. The van der Waals surface area contributed by atoms with Crippen molar-refractivity contribution < 1.29 is 15.3 Å². The first-order valence-corrected chi connectivity index (χ1v) is 5.86. The van der Waals surface area contributed by atoms with E-state index in [9.17, 15) is 15.3 Å². The van der Waals surface area contributed by atoms with Crippen LogP contribution in [0.2, 0.25) is 0 Å². The second-order valence-electron chi connectivity index (χ2n) is 4.60. The second kappa shape index (κ2) is 4.94. The molecule has 1 aliphatic rings. The molecule has 5 heteroatoms. The number of hydrogen-bond acceptors (Lipinski definition) is 5. The molecular weight excluding hydrogens is 232 g/mol. The Morgan fingerprint density at radius 3 is 2.44 bits per heavy atom. The van der Waals surface area contributed by atoms with E-state index >= 15 is 0 Å². The van der Waals surface area contributed by atoms with Gasteiger partial charge in [-0.15, -0.1) is 0 Å². The van der Waals surface area contributed by atoms with E-state index in [4.69, 9.17) is 5.26 Å². The lowest BCUT2D eigenvalue weighted by molar-refractivity contribution is 0.0572. The van der Waals surface area contributed by atoms with Crippen LogP contribution < -0.4 is 4.90 Å². The van der Waals surface area contributed by atoms with Crippen molar-refractivity contribution in [3.8, 4) is 6.07 Å². The van der Waals surface area contributed by atoms with Crippen molar-refractivity contribution in [1.82, 2.24) is 0 Å². The fraction of sp³-hybridized carbons (Fsp3) is 0.462. The molecule has 1 aliphatic heterocycles. The summed E-state index contributed by atoms with van der Waals surface area (Å²) < 4.78 is 0. The van der Waals surface area contributed by atoms with Crippen molar-refractivity contribution in [2.24, 2.45) is 0 Å². The number of aliphatic hydroxyl groups is 3. The molecule has 0 spiro atoms. The number of rotatable bonds is 2. The Balaban J connectivity index is 2.39. The van der Waals surface area contributed by atoms with E-state index in [1.165, 1.54) is 0 Å². The minimum absolute atomic E-state index is 0.301. The van der Waals surface area contributed by atoms with Crippen LogP contribution in [0.25, 0.3) is 0 Å². The fourth-order valence-electron chi connectivity index (χ4n) is 2.21. The molecule has 5 nitrogen and oxygen atoms in total. The molecule has 96 valence electrons. The van der Waals surface area contributed by atoms with Crippen LogP contribution in [-0.2, 0) is 0 Å². The zero-order chi connectivity index (χ0) is 13.3. The van der Waals surface area contributed by atoms with Gasteiger partial charge >= 0.3 is 0 Å². The number of β-amino-alcohol motifs (C(OH)–C–C–N with tert-alkyl or cyclic N) is 2. The standard InChI is InChI=1S/C13H16N2O3/c1-8(16)10-3-2-9(5-14)4-11(10)15-6-12(17)13(18)7-15/h2-4,8,12-13,16-18H,6-7H2,1H3/t8-,12?,13?/m0/s1. The molecule has 1 heterocycles. The minimum Gasteiger partial charge on any atom is -0.389 e. The van der Waals surface area contributed by atoms with Gasteiger partial charge < -0.3 is 20.2 Å². The maximum atomic E-state index is 9.73. The van der Waals surface area contributed by atoms with E-state index in [1.54, 1.807) is 30.0 Å². The van der Waals surface area contributed by atoms with Gasteiger partial charge in [0.1, 0.15) is 0 Å². The minimum atomic E-state index is -0.794. The topological polar surface area (TPSA) is 87.7 Å². The van der Waals surface area contributed by atoms with E-state index in [2.05, 4.69) is 0 Å². The first kappa shape index (κ1) is 12.8. The van der Waals surface area contributed by atoms with Crippen molar-refractivity contribution in [3.05, 3.63) is 29.3 Å². The molecule has 0 saturated carbocycles. The second-order valence-corrected chi connectivity index (χ2v) is 4.60. The maximum absolute atomic E-state index is 9.73. The summed E-state index contributed by atoms with van der Waals surface area (Å²) in [5.74, 6) is 0. The summed E-state index contributed by atoms with van der Waals surface area (Å²) in [4.78, 5) is 1.79. The van der Waals surface area contributed by atoms with Crippen molar-refractivity contribution in [3.63, 3.8) is 0 Å². The van der Waals surface area contributed by atoms with Crippen LogP contribution in [-0.4, -0.2) is 40.6 Å². The van der Waals surface area contributed by atoms with Gasteiger partial charge in [0.25, 0.3) is 0 Å². The Kier molecular flexibility index (Phi) is 3.53. The van der Waals surface area contributed by atoms with Crippen molar-refractivity contribution >= 4 is 5.69 Å². The quantitative estimate of drug-likeness (QED) is 0.693. The molecule has 2 rings (SSSR count). The SMILES string of the molecule is C[C@H](O)c1ccc(C#N)cc1N1CC(O)C(O)C1. The number of nitrogens with zero attached hydrogens (tertiary/aromatic N) is 2. The average Bonchev–Trinajstić information content (AvgIpc) is 2.68. The lowest BCUT2D eigenvalue weighted by Gasteiger charge is -2.23. The molecule has 0 radical (unpaired) electrons. The third-order valence-corrected chi connectivity index (χ3v) is 3.21. The molecule has 1 aromatic carbocycles. The van der Waals surface area contributed by atoms with Gasteiger partial charge in [0.05, 0.1) is 29.9 Å². The Morgan fingerprint density at radius 1 is 1.33 bits per heavy atom. The van der Waals surface area contributed by atoms with Gasteiger partial charge in [0, 0.05) is 24.3 Å². The van der Waals surface area contributed by atoms with Crippen molar-refractivity contribution in [2.75, 3.05) is 18.0 Å². The van der Waals surface area contributed by atoms with E-state index < -0.39 is 18.3 Å². The van der Waals surface area contributed by atoms with Crippen LogP contribution in [0.4, 0.5) is 5.69 Å². The van der Waals surface area contributed by atoms with Crippen molar-refractivity contribution in [2.45, 2.75) is 25.2 Å². The summed E-state index contributed by atoms with van der Waals surface area (Å²) in [5.41, 5.74) is 1.88. The number of anilines is 1. The summed E-state index contributed by atoms with van der Waals surface area (Å²) in [6.45, 7) is 2.25. The first-order valence-electron chi connectivity index (χ1n) is 5.86. The van der Waals surface area contributed by atoms with Gasteiger partial charge in [-0.05, 0) is 19.1 Å². The van der Waals surface area contributed by atoms with E-state index in [-0.39, 0.29) is 0 Å². The molecule has 2 unspecified atom stereocenters. The fourth-order valence-corrected chi connectivity index (χ4v) is 2.21. The third-order valence-electron chi connectivity index (χ3n) is 3.21. The summed E-state index contributed by atoms with van der Waals surface area (Å²) >= 11 is 0. The molecule has 1 saturated heterocycles. The molecule has 0 bridgehead atoms. The smallest absolute Gasteiger partial charge is 0.0992 e. The summed E-state index contributed by atoms with van der Waals surface area (Å²) in [6, 6.07) is 7.07. The molecular formula is C13H16N2O3. The largest absolute Gasteiger partial charge is 0.389 e. The number of aliphatic hydroxyl groups excluding tert-OH is 3. The van der Waals surface area contributed by atoms with Crippen LogP contribution >= 0.6 is 0 Å². The van der Waals surface area contributed by atoms with Gasteiger partial charge in [-0.25, -0.2) is 0 Å². The summed E-state index contributed by atoms with van der Waals surface area (Å²) in [7, 11) is 0. The van der Waals surface area contributed by atoms with Crippen LogP contribution in [0.3, 0.4) is 0 Å². The lowest BCUT2D eigenvalue weighted by atomic mass is 10.0.